The smallest absolute Gasteiger partial charge is 0.124 e. The van der Waals surface area contributed by atoms with Crippen LogP contribution in [-0.2, 0) is 6.61 Å². The predicted molar refractivity (Wildman–Crippen MR) is 79.8 cm³/mol. The maximum atomic E-state index is 5.85. The molecule has 1 aromatic carbocycles. The zero-order valence-electron chi connectivity index (χ0n) is 11.9. The minimum atomic E-state index is 0.358. The van der Waals surface area contributed by atoms with Crippen LogP contribution in [-0.4, -0.2) is 12.0 Å². The molecule has 3 nitrogen and oxygen atoms in total. The van der Waals surface area contributed by atoms with Crippen molar-refractivity contribution in [2.45, 2.75) is 33.4 Å². The molecule has 19 heavy (non-hydrogen) atoms. The fourth-order valence-electron chi connectivity index (χ4n) is 1.89. The molecule has 0 bridgehead atoms. The van der Waals surface area contributed by atoms with Crippen LogP contribution in [0.15, 0.2) is 24.4 Å². The number of aromatic nitrogens is 1. The lowest BCUT2D eigenvalue weighted by Gasteiger charge is -2.14. The van der Waals surface area contributed by atoms with Crippen LogP contribution < -0.4 is 10.1 Å². The van der Waals surface area contributed by atoms with E-state index in [2.05, 4.69) is 36.3 Å². The highest BCUT2D eigenvalue weighted by molar-refractivity contribution is 7.11. The Morgan fingerprint density at radius 1 is 1.37 bits per heavy atom. The van der Waals surface area contributed by atoms with E-state index < -0.39 is 0 Å². The summed E-state index contributed by atoms with van der Waals surface area (Å²) in [7, 11) is 1.97. The summed E-state index contributed by atoms with van der Waals surface area (Å²) in [6.07, 6.45) is 1.88. The first-order chi connectivity index (χ1) is 9.10. The molecule has 0 aliphatic rings. The van der Waals surface area contributed by atoms with Gasteiger partial charge in [0.05, 0.1) is 9.88 Å². The van der Waals surface area contributed by atoms with E-state index in [9.17, 15) is 0 Å². The number of aryl methyl sites for hydroxylation is 2. The van der Waals surface area contributed by atoms with Crippen LogP contribution in [0, 0.1) is 13.8 Å². The highest BCUT2D eigenvalue weighted by Crippen LogP contribution is 2.24. The molecule has 1 heterocycles. The fraction of sp³-hybridized carbons (Fsp3) is 0.400. The molecule has 0 aliphatic carbocycles. The van der Waals surface area contributed by atoms with Crippen LogP contribution in [0.5, 0.6) is 5.75 Å². The molecule has 0 saturated carbocycles. The SMILES string of the molecule is CNC(C)c1ccc(OCc2cnc(C)s2)c(C)c1. The second-order valence-electron chi connectivity index (χ2n) is 4.67. The second kappa shape index (κ2) is 6.17. The molecular formula is C15H20N2OS. The van der Waals surface area contributed by atoms with E-state index in [-0.39, 0.29) is 0 Å². The van der Waals surface area contributed by atoms with Gasteiger partial charge in [0.25, 0.3) is 0 Å². The minimum absolute atomic E-state index is 0.358. The lowest BCUT2D eigenvalue weighted by Crippen LogP contribution is -2.12. The second-order valence-corrected chi connectivity index (χ2v) is 5.99. The van der Waals surface area contributed by atoms with E-state index in [1.807, 2.05) is 26.2 Å². The molecule has 2 rings (SSSR count). The highest BCUT2D eigenvalue weighted by atomic mass is 32.1. The standard InChI is InChI=1S/C15H20N2OS/c1-10-7-13(11(2)16-4)5-6-15(10)18-9-14-8-17-12(3)19-14/h5-8,11,16H,9H2,1-4H3. The third-order valence-electron chi connectivity index (χ3n) is 3.17. The van der Waals surface area contributed by atoms with Gasteiger partial charge in [-0.25, -0.2) is 4.98 Å². The molecule has 0 saturated heterocycles. The summed E-state index contributed by atoms with van der Waals surface area (Å²) in [6, 6.07) is 6.69. The number of thiazole rings is 1. The third-order valence-corrected chi connectivity index (χ3v) is 4.06. The normalized spacial score (nSPS) is 12.4. The van der Waals surface area contributed by atoms with Crippen molar-refractivity contribution in [1.29, 1.82) is 0 Å². The molecule has 0 aliphatic heterocycles. The van der Waals surface area contributed by atoms with Crippen LogP contribution in [0.3, 0.4) is 0 Å². The van der Waals surface area contributed by atoms with Gasteiger partial charge in [-0.15, -0.1) is 11.3 Å². The van der Waals surface area contributed by atoms with Gasteiger partial charge in [0.1, 0.15) is 12.4 Å². The molecule has 1 N–H and O–H groups in total. The van der Waals surface area contributed by atoms with E-state index in [1.54, 1.807) is 11.3 Å². The first-order valence-corrected chi connectivity index (χ1v) is 7.23. The molecule has 0 spiro atoms. The summed E-state index contributed by atoms with van der Waals surface area (Å²) in [5.74, 6) is 0.943. The van der Waals surface area contributed by atoms with Crippen LogP contribution in [0.4, 0.5) is 0 Å². The fourth-order valence-corrected chi connectivity index (χ4v) is 2.60. The van der Waals surface area contributed by atoms with Gasteiger partial charge >= 0.3 is 0 Å². The van der Waals surface area contributed by atoms with Crippen molar-refractivity contribution in [3.8, 4) is 5.75 Å². The van der Waals surface area contributed by atoms with Gasteiger partial charge in [0, 0.05) is 12.2 Å². The quantitative estimate of drug-likeness (QED) is 0.905. The van der Waals surface area contributed by atoms with Crippen LogP contribution in [0.2, 0.25) is 0 Å². The lowest BCUT2D eigenvalue weighted by molar-refractivity contribution is 0.307. The number of nitrogens with zero attached hydrogens (tertiary/aromatic N) is 1. The molecule has 1 atom stereocenters. The van der Waals surface area contributed by atoms with Crippen molar-refractivity contribution in [2.75, 3.05) is 7.05 Å². The summed E-state index contributed by atoms with van der Waals surface area (Å²) in [6.45, 7) is 6.83. The largest absolute Gasteiger partial charge is 0.488 e. The first-order valence-electron chi connectivity index (χ1n) is 6.42. The maximum Gasteiger partial charge on any atom is 0.124 e. The number of ether oxygens (including phenoxy) is 1. The monoisotopic (exact) mass is 276 g/mol. The third kappa shape index (κ3) is 3.55. The molecule has 102 valence electrons. The topological polar surface area (TPSA) is 34.1 Å². The zero-order chi connectivity index (χ0) is 13.8. The van der Waals surface area contributed by atoms with Crippen molar-refractivity contribution in [2.24, 2.45) is 0 Å². The van der Waals surface area contributed by atoms with Crippen molar-refractivity contribution >= 4 is 11.3 Å². The number of hydrogen-bond acceptors (Lipinski definition) is 4. The molecule has 4 heteroatoms. The summed E-state index contributed by atoms with van der Waals surface area (Å²) in [4.78, 5) is 5.39. The molecule has 1 unspecified atom stereocenters. The predicted octanol–water partition coefficient (Wildman–Crippen LogP) is 3.62. The maximum absolute atomic E-state index is 5.85. The molecule has 0 radical (unpaired) electrons. The van der Waals surface area contributed by atoms with Crippen LogP contribution in [0.1, 0.15) is 34.0 Å². The van der Waals surface area contributed by atoms with Crippen LogP contribution in [0.25, 0.3) is 0 Å². The van der Waals surface area contributed by atoms with E-state index >= 15 is 0 Å². The summed E-state index contributed by atoms with van der Waals surface area (Å²) in [5.41, 5.74) is 2.45. The Balaban J connectivity index is 2.05. The molecule has 1 aromatic heterocycles. The number of rotatable bonds is 5. The zero-order valence-corrected chi connectivity index (χ0v) is 12.7. The average Bonchev–Trinajstić information content (AvgIpc) is 2.82. The Hall–Kier alpha value is -1.39. The molecule has 0 amide bonds. The number of benzene rings is 1. The van der Waals surface area contributed by atoms with Gasteiger partial charge in [-0.1, -0.05) is 12.1 Å². The lowest BCUT2D eigenvalue weighted by atomic mass is 10.1. The van der Waals surface area contributed by atoms with Crippen molar-refractivity contribution < 1.29 is 4.74 Å². The molecule has 2 aromatic rings. The van der Waals surface area contributed by atoms with Gasteiger partial charge in [-0.3, -0.25) is 0 Å². The van der Waals surface area contributed by atoms with E-state index in [0.29, 0.717) is 12.6 Å². The van der Waals surface area contributed by atoms with Crippen molar-refractivity contribution in [3.63, 3.8) is 0 Å². The minimum Gasteiger partial charge on any atom is -0.488 e. The van der Waals surface area contributed by atoms with E-state index in [4.69, 9.17) is 4.74 Å². The van der Waals surface area contributed by atoms with Gasteiger partial charge in [-0.05, 0) is 45.0 Å². The molecular weight excluding hydrogens is 256 g/mol. The van der Waals surface area contributed by atoms with Crippen molar-refractivity contribution in [1.82, 2.24) is 10.3 Å². The summed E-state index contributed by atoms with van der Waals surface area (Å²) >= 11 is 1.68. The average molecular weight is 276 g/mol. The van der Waals surface area contributed by atoms with Gasteiger partial charge in [-0.2, -0.15) is 0 Å². The number of nitrogens with one attached hydrogen (secondary N) is 1. The highest BCUT2D eigenvalue weighted by Gasteiger charge is 2.07. The summed E-state index contributed by atoms with van der Waals surface area (Å²) < 4.78 is 5.85. The van der Waals surface area contributed by atoms with Gasteiger partial charge in [0.15, 0.2) is 0 Å². The Labute approximate surface area is 118 Å². The van der Waals surface area contributed by atoms with Crippen LogP contribution >= 0.6 is 11.3 Å². The number of hydrogen-bond donors (Lipinski definition) is 1. The Morgan fingerprint density at radius 2 is 2.16 bits per heavy atom. The van der Waals surface area contributed by atoms with E-state index in [0.717, 1.165) is 15.6 Å². The van der Waals surface area contributed by atoms with Gasteiger partial charge in [0.2, 0.25) is 0 Å². The Morgan fingerprint density at radius 3 is 2.74 bits per heavy atom. The van der Waals surface area contributed by atoms with Gasteiger partial charge < -0.3 is 10.1 Å². The van der Waals surface area contributed by atoms with Crippen molar-refractivity contribution in [3.05, 3.63) is 45.4 Å². The molecule has 0 fully saturated rings. The first kappa shape index (κ1) is 14.0. The Bertz CT molecular complexity index is 551. The van der Waals surface area contributed by atoms with E-state index in [1.165, 1.54) is 11.1 Å². The summed E-state index contributed by atoms with van der Waals surface area (Å²) in [5, 5.41) is 4.32. The Kier molecular flexibility index (Phi) is 4.56.